The summed E-state index contributed by atoms with van der Waals surface area (Å²) in [5.74, 6) is 1.49. The summed E-state index contributed by atoms with van der Waals surface area (Å²) in [5, 5.41) is 0. The number of hydrogen-bond acceptors (Lipinski definition) is 6. The first-order chi connectivity index (χ1) is 13.6. The molecule has 0 unspecified atom stereocenters. The van der Waals surface area contributed by atoms with Crippen LogP contribution >= 0.6 is 0 Å². The van der Waals surface area contributed by atoms with Crippen molar-refractivity contribution in [1.29, 1.82) is 0 Å². The van der Waals surface area contributed by atoms with Crippen LogP contribution in [0.2, 0.25) is 0 Å². The van der Waals surface area contributed by atoms with Gasteiger partial charge in [0.05, 0.1) is 39.8 Å². The molecule has 28 heavy (non-hydrogen) atoms. The van der Waals surface area contributed by atoms with E-state index >= 15 is 0 Å². The number of ether oxygens (including phenoxy) is 3. The van der Waals surface area contributed by atoms with Gasteiger partial charge in [0, 0.05) is 12.1 Å². The average molecular weight is 390 g/mol. The van der Waals surface area contributed by atoms with Crippen LogP contribution in [0.15, 0.2) is 18.2 Å². The number of hydrogen-bond donors (Lipinski definition) is 0. The number of carbonyl (C=O) groups excluding carboxylic acids is 2. The number of amides is 1. The Morgan fingerprint density at radius 1 is 1.04 bits per heavy atom. The summed E-state index contributed by atoms with van der Waals surface area (Å²) in [6.45, 7) is 2.62. The summed E-state index contributed by atoms with van der Waals surface area (Å²) in [6, 6.07) is 5.74. The summed E-state index contributed by atoms with van der Waals surface area (Å²) in [6.07, 6.45) is 3.38. The fourth-order valence-corrected chi connectivity index (χ4v) is 4.26. The van der Waals surface area contributed by atoms with E-state index in [1.54, 1.807) is 14.2 Å². The van der Waals surface area contributed by atoms with Crippen molar-refractivity contribution < 1.29 is 23.8 Å². The van der Waals surface area contributed by atoms with Gasteiger partial charge in [-0.1, -0.05) is 0 Å². The predicted molar refractivity (Wildman–Crippen MR) is 104 cm³/mol. The molecule has 1 atom stereocenters. The molecule has 0 radical (unpaired) electrons. The molecule has 154 valence electrons. The minimum atomic E-state index is -0.143. The van der Waals surface area contributed by atoms with E-state index in [-0.39, 0.29) is 23.8 Å². The van der Waals surface area contributed by atoms with Gasteiger partial charge in [-0.2, -0.15) is 0 Å². The zero-order valence-corrected chi connectivity index (χ0v) is 17.0. The number of likely N-dealkylation sites (tertiary alicyclic amines) is 2. The molecule has 0 spiro atoms. The first-order valence-corrected chi connectivity index (χ1v) is 9.89. The molecule has 0 N–H and O–H groups in total. The van der Waals surface area contributed by atoms with Crippen LogP contribution in [-0.2, 0) is 14.3 Å². The SMILES string of the molecule is COC(=O)C1CCN(CC(=O)N2CCC[C@@H]2c2cc(OC)ccc2OC)CC1. The smallest absolute Gasteiger partial charge is 0.308 e. The van der Waals surface area contributed by atoms with E-state index in [2.05, 4.69) is 4.90 Å². The zero-order chi connectivity index (χ0) is 20.1. The molecule has 1 amide bonds. The van der Waals surface area contributed by atoms with Gasteiger partial charge in [-0.3, -0.25) is 14.5 Å². The Kier molecular flexibility index (Phi) is 6.78. The van der Waals surface area contributed by atoms with Crippen molar-refractivity contribution in [2.75, 3.05) is 47.5 Å². The van der Waals surface area contributed by atoms with Crippen molar-refractivity contribution >= 4 is 11.9 Å². The quantitative estimate of drug-likeness (QED) is 0.694. The molecule has 3 rings (SSSR count). The molecule has 7 nitrogen and oxygen atoms in total. The number of piperidine rings is 1. The Hall–Kier alpha value is -2.28. The van der Waals surface area contributed by atoms with E-state index in [0.29, 0.717) is 6.54 Å². The molecule has 2 fully saturated rings. The maximum absolute atomic E-state index is 13.0. The molecular weight excluding hydrogens is 360 g/mol. The largest absolute Gasteiger partial charge is 0.497 e. The standard InChI is InChI=1S/C21H30N2O5/c1-26-16-6-7-19(27-2)17(13-16)18-5-4-10-23(18)20(24)14-22-11-8-15(9-12-22)21(25)28-3/h6-7,13,15,18H,4-5,8-12,14H2,1-3H3/t18-/m1/s1. The fourth-order valence-electron chi connectivity index (χ4n) is 4.26. The van der Waals surface area contributed by atoms with Crippen LogP contribution in [0.25, 0.3) is 0 Å². The maximum Gasteiger partial charge on any atom is 0.308 e. The molecular formula is C21H30N2O5. The third kappa shape index (κ3) is 4.41. The van der Waals surface area contributed by atoms with E-state index in [4.69, 9.17) is 14.2 Å². The average Bonchev–Trinajstić information content (AvgIpc) is 3.23. The highest BCUT2D eigenvalue weighted by molar-refractivity contribution is 5.79. The van der Waals surface area contributed by atoms with Crippen LogP contribution in [0, 0.1) is 5.92 Å². The highest BCUT2D eigenvalue weighted by Gasteiger charge is 2.34. The molecule has 2 saturated heterocycles. The van der Waals surface area contributed by atoms with Crippen molar-refractivity contribution in [2.45, 2.75) is 31.7 Å². The van der Waals surface area contributed by atoms with Crippen LogP contribution in [-0.4, -0.2) is 69.2 Å². The molecule has 0 saturated carbocycles. The number of benzene rings is 1. The van der Waals surface area contributed by atoms with Gasteiger partial charge >= 0.3 is 5.97 Å². The van der Waals surface area contributed by atoms with Crippen LogP contribution in [0.3, 0.4) is 0 Å². The fraction of sp³-hybridized carbons (Fsp3) is 0.619. The molecule has 2 heterocycles. The van der Waals surface area contributed by atoms with Crippen molar-refractivity contribution in [2.24, 2.45) is 5.92 Å². The van der Waals surface area contributed by atoms with E-state index < -0.39 is 0 Å². The summed E-state index contributed by atoms with van der Waals surface area (Å²) in [5.41, 5.74) is 0.997. The molecule has 0 bridgehead atoms. The molecule has 2 aliphatic heterocycles. The molecule has 1 aromatic rings. The van der Waals surface area contributed by atoms with Gasteiger partial charge in [0.1, 0.15) is 11.5 Å². The second kappa shape index (κ2) is 9.28. The second-order valence-electron chi connectivity index (χ2n) is 7.43. The third-order valence-corrected chi connectivity index (χ3v) is 5.85. The lowest BCUT2D eigenvalue weighted by molar-refractivity contribution is -0.147. The van der Waals surface area contributed by atoms with Crippen LogP contribution in [0.5, 0.6) is 11.5 Å². The highest BCUT2D eigenvalue weighted by Crippen LogP contribution is 2.39. The second-order valence-corrected chi connectivity index (χ2v) is 7.43. The minimum absolute atomic E-state index is 0.00478. The van der Waals surface area contributed by atoms with Crippen LogP contribution in [0.4, 0.5) is 0 Å². The Bertz CT molecular complexity index is 700. The van der Waals surface area contributed by atoms with Crippen LogP contribution < -0.4 is 9.47 Å². The van der Waals surface area contributed by atoms with Crippen molar-refractivity contribution in [1.82, 2.24) is 9.80 Å². The Morgan fingerprint density at radius 3 is 2.43 bits per heavy atom. The Morgan fingerprint density at radius 2 is 1.79 bits per heavy atom. The number of esters is 1. The van der Waals surface area contributed by atoms with Crippen LogP contribution in [0.1, 0.15) is 37.3 Å². The predicted octanol–water partition coefficient (Wildman–Crippen LogP) is 2.25. The summed E-state index contributed by atoms with van der Waals surface area (Å²) < 4.78 is 15.7. The number of methoxy groups -OCH3 is 3. The van der Waals surface area contributed by atoms with Crippen molar-refractivity contribution in [3.63, 3.8) is 0 Å². The first kappa shape index (κ1) is 20.5. The minimum Gasteiger partial charge on any atom is -0.497 e. The van der Waals surface area contributed by atoms with Gasteiger partial charge in [0.15, 0.2) is 0 Å². The monoisotopic (exact) mass is 390 g/mol. The Labute approximate surface area is 166 Å². The number of carbonyl (C=O) groups is 2. The van der Waals surface area contributed by atoms with E-state index in [1.807, 2.05) is 23.1 Å². The molecule has 1 aromatic carbocycles. The Balaban J connectivity index is 1.65. The van der Waals surface area contributed by atoms with Gasteiger partial charge in [-0.25, -0.2) is 0 Å². The maximum atomic E-state index is 13.0. The van der Waals surface area contributed by atoms with E-state index in [1.165, 1.54) is 7.11 Å². The summed E-state index contributed by atoms with van der Waals surface area (Å²) in [7, 11) is 4.72. The van der Waals surface area contributed by atoms with Gasteiger partial charge in [-0.15, -0.1) is 0 Å². The normalized spacial score (nSPS) is 20.8. The van der Waals surface area contributed by atoms with Crippen molar-refractivity contribution in [3.8, 4) is 11.5 Å². The first-order valence-electron chi connectivity index (χ1n) is 9.89. The number of rotatable bonds is 6. The lowest BCUT2D eigenvalue weighted by Gasteiger charge is -2.33. The molecule has 0 aliphatic carbocycles. The molecule has 7 heteroatoms. The number of nitrogens with zero attached hydrogens (tertiary/aromatic N) is 2. The van der Waals surface area contributed by atoms with Gasteiger partial charge in [0.2, 0.25) is 5.91 Å². The zero-order valence-electron chi connectivity index (χ0n) is 17.0. The third-order valence-electron chi connectivity index (χ3n) is 5.85. The highest BCUT2D eigenvalue weighted by atomic mass is 16.5. The topological polar surface area (TPSA) is 68.3 Å². The molecule has 0 aromatic heterocycles. The summed E-state index contributed by atoms with van der Waals surface area (Å²) >= 11 is 0. The van der Waals surface area contributed by atoms with Gasteiger partial charge in [0.25, 0.3) is 0 Å². The van der Waals surface area contributed by atoms with E-state index in [9.17, 15) is 9.59 Å². The van der Waals surface area contributed by atoms with Gasteiger partial charge in [-0.05, 0) is 57.0 Å². The van der Waals surface area contributed by atoms with Crippen molar-refractivity contribution in [3.05, 3.63) is 23.8 Å². The lowest BCUT2D eigenvalue weighted by atomic mass is 9.97. The van der Waals surface area contributed by atoms with Gasteiger partial charge < -0.3 is 19.1 Å². The lowest BCUT2D eigenvalue weighted by Crippen LogP contribution is -2.44. The summed E-state index contributed by atoms with van der Waals surface area (Å²) in [4.78, 5) is 28.8. The van der Waals surface area contributed by atoms with E-state index in [0.717, 1.165) is 62.4 Å². The molecule has 2 aliphatic rings.